The molecule has 0 aromatic rings. The standard InChI is InChI=1S/C13H23NO/c15-10-13(6-7-13)14-11-8-12(9-11)4-2-1-3-5-12/h11,14-15H,1-10H2. The second-order valence-corrected chi connectivity index (χ2v) is 6.25. The summed E-state index contributed by atoms with van der Waals surface area (Å²) < 4.78 is 0. The fourth-order valence-corrected chi connectivity index (χ4v) is 3.73. The maximum atomic E-state index is 9.26. The van der Waals surface area contributed by atoms with Crippen LogP contribution >= 0.6 is 0 Å². The lowest BCUT2D eigenvalue weighted by Gasteiger charge is -2.51. The zero-order valence-electron chi connectivity index (χ0n) is 9.60. The number of aliphatic hydroxyl groups excluding tert-OH is 1. The van der Waals surface area contributed by atoms with Crippen molar-refractivity contribution >= 4 is 0 Å². The van der Waals surface area contributed by atoms with Crippen LogP contribution in [0.5, 0.6) is 0 Å². The van der Waals surface area contributed by atoms with Crippen LogP contribution in [0, 0.1) is 5.41 Å². The van der Waals surface area contributed by atoms with E-state index in [2.05, 4.69) is 5.32 Å². The van der Waals surface area contributed by atoms with Gasteiger partial charge in [0.1, 0.15) is 0 Å². The van der Waals surface area contributed by atoms with E-state index >= 15 is 0 Å². The van der Waals surface area contributed by atoms with Gasteiger partial charge in [0.2, 0.25) is 0 Å². The van der Waals surface area contributed by atoms with Gasteiger partial charge in [-0.2, -0.15) is 0 Å². The number of hydrogen-bond acceptors (Lipinski definition) is 2. The van der Waals surface area contributed by atoms with E-state index in [0.717, 1.165) is 11.5 Å². The molecule has 3 saturated carbocycles. The molecule has 0 aromatic heterocycles. The summed E-state index contributed by atoms with van der Waals surface area (Å²) in [6, 6.07) is 0.720. The molecule has 3 rings (SSSR count). The zero-order chi connectivity index (χ0) is 10.4. The second kappa shape index (κ2) is 3.46. The van der Waals surface area contributed by atoms with Gasteiger partial charge in [-0.25, -0.2) is 0 Å². The van der Waals surface area contributed by atoms with Gasteiger partial charge in [0, 0.05) is 11.6 Å². The maximum absolute atomic E-state index is 9.26. The van der Waals surface area contributed by atoms with Crippen LogP contribution in [0.25, 0.3) is 0 Å². The molecule has 0 heterocycles. The van der Waals surface area contributed by atoms with Crippen molar-refractivity contribution in [3.05, 3.63) is 0 Å². The summed E-state index contributed by atoms with van der Waals surface area (Å²) in [7, 11) is 0. The molecule has 15 heavy (non-hydrogen) atoms. The van der Waals surface area contributed by atoms with E-state index in [1.165, 1.54) is 57.8 Å². The summed E-state index contributed by atoms with van der Waals surface area (Å²) >= 11 is 0. The summed E-state index contributed by atoms with van der Waals surface area (Å²) in [5.74, 6) is 0. The normalized spacial score (nSPS) is 32.6. The van der Waals surface area contributed by atoms with Crippen molar-refractivity contribution in [2.24, 2.45) is 5.41 Å². The first-order valence-corrected chi connectivity index (χ1v) is 6.65. The lowest BCUT2D eigenvalue weighted by molar-refractivity contribution is 0.0266. The van der Waals surface area contributed by atoms with Crippen LogP contribution in [0.2, 0.25) is 0 Å². The van der Waals surface area contributed by atoms with Gasteiger partial charge in [0.15, 0.2) is 0 Å². The van der Waals surface area contributed by atoms with Crippen molar-refractivity contribution in [3.63, 3.8) is 0 Å². The number of hydrogen-bond donors (Lipinski definition) is 2. The lowest BCUT2D eigenvalue weighted by Crippen LogP contribution is -2.54. The highest BCUT2D eigenvalue weighted by molar-refractivity contribution is 5.08. The van der Waals surface area contributed by atoms with Crippen LogP contribution in [-0.2, 0) is 0 Å². The summed E-state index contributed by atoms with van der Waals surface area (Å²) in [4.78, 5) is 0. The van der Waals surface area contributed by atoms with Gasteiger partial charge < -0.3 is 10.4 Å². The summed E-state index contributed by atoms with van der Waals surface area (Å²) in [5, 5.41) is 12.9. The van der Waals surface area contributed by atoms with E-state index in [0.29, 0.717) is 6.61 Å². The van der Waals surface area contributed by atoms with Gasteiger partial charge >= 0.3 is 0 Å². The monoisotopic (exact) mass is 209 g/mol. The average molecular weight is 209 g/mol. The fourth-order valence-electron chi connectivity index (χ4n) is 3.73. The first-order chi connectivity index (χ1) is 7.26. The SMILES string of the molecule is OCC1(NC2CC3(CCCCC3)C2)CC1. The molecule has 2 nitrogen and oxygen atoms in total. The van der Waals surface area contributed by atoms with Crippen molar-refractivity contribution in [1.29, 1.82) is 0 Å². The van der Waals surface area contributed by atoms with Crippen LogP contribution in [0.3, 0.4) is 0 Å². The largest absolute Gasteiger partial charge is 0.394 e. The highest BCUT2D eigenvalue weighted by Crippen LogP contribution is 2.53. The Morgan fingerprint density at radius 2 is 1.67 bits per heavy atom. The molecule has 0 bridgehead atoms. The van der Waals surface area contributed by atoms with Gasteiger partial charge in [0.25, 0.3) is 0 Å². The first-order valence-electron chi connectivity index (χ1n) is 6.65. The summed E-state index contributed by atoms with van der Waals surface area (Å²) in [6.45, 7) is 0.344. The second-order valence-electron chi connectivity index (χ2n) is 6.25. The van der Waals surface area contributed by atoms with Crippen LogP contribution in [-0.4, -0.2) is 23.3 Å². The van der Waals surface area contributed by atoms with Crippen LogP contribution in [0.15, 0.2) is 0 Å². The molecular weight excluding hydrogens is 186 g/mol. The molecule has 86 valence electrons. The maximum Gasteiger partial charge on any atom is 0.0613 e. The van der Waals surface area contributed by atoms with Crippen LogP contribution in [0.4, 0.5) is 0 Å². The zero-order valence-corrected chi connectivity index (χ0v) is 9.60. The minimum Gasteiger partial charge on any atom is -0.394 e. The first kappa shape index (κ1) is 10.1. The predicted octanol–water partition coefficient (Wildman–Crippen LogP) is 2.21. The number of rotatable bonds is 3. The Morgan fingerprint density at radius 1 is 1.00 bits per heavy atom. The fraction of sp³-hybridized carbons (Fsp3) is 1.00. The highest BCUT2D eigenvalue weighted by Gasteiger charge is 2.50. The molecule has 0 amide bonds. The Kier molecular flexibility index (Phi) is 2.33. The molecule has 2 N–H and O–H groups in total. The minimum absolute atomic E-state index is 0.154. The van der Waals surface area contributed by atoms with E-state index in [4.69, 9.17) is 0 Å². The third-order valence-electron chi connectivity index (χ3n) is 4.94. The van der Waals surface area contributed by atoms with Crippen molar-refractivity contribution in [2.45, 2.75) is 69.4 Å². The molecule has 3 fully saturated rings. The van der Waals surface area contributed by atoms with E-state index in [1.54, 1.807) is 0 Å². The van der Waals surface area contributed by atoms with Gasteiger partial charge in [-0.05, 0) is 43.9 Å². The molecular formula is C13H23NO. The summed E-state index contributed by atoms with van der Waals surface area (Å²) in [5.41, 5.74) is 0.877. The van der Waals surface area contributed by atoms with Gasteiger partial charge in [-0.15, -0.1) is 0 Å². The smallest absolute Gasteiger partial charge is 0.0613 e. The predicted molar refractivity (Wildman–Crippen MR) is 60.7 cm³/mol. The van der Waals surface area contributed by atoms with Gasteiger partial charge in [-0.3, -0.25) is 0 Å². The van der Waals surface area contributed by atoms with E-state index < -0.39 is 0 Å². The average Bonchev–Trinajstić information content (AvgIpc) is 2.98. The quantitative estimate of drug-likeness (QED) is 0.747. The minimum atomic E-state index is 0.154. The topological polar surface area (TPSA) is 32.3 Å². The molecule has 0 aromatic carbocycles. The Labute approximate surface area is 92.4 Å². The van der Waals surface area contributed by atoms with E-state index in [1.807, 2.05) is 0 Å². The van der Waals surface area contributed by atoms with Crippen LogP contribution in [0.1, 0.15) is 57.8 Å². The Bertz CT molecular complexity index is 233. The number of aliphatic hydroxyl groups is 1. The summed E-state index contributed by atoms with van der Waals surface area (Å²) in [6.07, 6.45) is 12.5. The third kappa shape index (κ3) is 1.83. The lowest BCUT2D eigenvalue weighted by atomic mass is 9.58. The van der Waals surface area contributed by atoms with Gasteiger partial charge in [-0.1, -0.05) is 19.3 Å². The Hall–Kier alpha value is -0.0800. The molecule has 0 atom stereocenters. The van der Waals surface area contributed by atoms with Crippen molar-refractivity contribution in [3.8, 4) is 0 Å². The molecule has 1 spiro atoms. The Morgan fingerprint density at radius 3 is 2.20 bits per heavy atom. The molecule has 0 saturated heterocycles. The van der Waals surface area contributed by atoms with Crippen molar-refractivity contribution < 1.29 is 5.11 Å². The molecule has 3 aliphatic carbocycles. The van der Waals surface area contributed by atoms with Crippen LogP contribution < -0.4 is 5.32 Å². The van der Waals surface area contributed by atoms with E-state index in [9.17, 15) is 5.11 Å². The highest BCUT2D eigenvalue weighted by atomic mass is 16.3. The molecule has 0 unspecified atom stereocenters. The van der Waals surface area contributed by atoms with Gasteiger partial charge in [0.05, 0.1) is 6.61 Å². The molecule has 2 heteroatoms. The number of nitrogens with one attached hydrogen (secondary N) is 1. The Balaban J connectivity index is 1.49. The van der Waals surface area contributed by atoms with E-state index in [-0.39, 0.29) is 5.54 Å². The van der Waals surface area contributed by atoms with Crippen molar-refractivity contribution in [1.82, 2.24) is 5.32 Å². The third-order valence-corrected chi connectivity index (χ3v) is 4.94. The van der Waals surface area contributed by atoms with Crippen molar-refractivity contribution in [2.75, 3.05) is 6.61 Å². The molecule has 3 aliphatic rings. The molecule has 0 radical (unpaired) electrons. The molecule has 0 aliphatic heterocycles.